The molecule has 2 N–H and O–H groups in total. The van der Waals surface area contributed by atoms with Crippen LogP contribution in [0, 0.1) is 40.7 Å². The smallest absolute Gasteiger partial charge is 0.321 e. The van der Waals surface area contributed by atoms with E-state index in [4.69, 9.17) is 4.74 Å². The molecule has 4 fully saturated rings. The number of aliphatic hydroxyl groups excluding tert-OH is 1. The van der Waals surface area contributed by atoms with E-state index in [1.54, 1.807) is 18.9 Å². The molecule has 2 saturated carbocycles. The van der Waals surface area contributed by atoms with E-state index in [0.29, 0.717) is 37.4 Å². The fourth-order valence-electron chi connectivity index (χ4n) is 8.12. The molecular weight excluding hydrogens is 468 g/mol. The highest BCUT2D eigenvalue weighted by Crippen LogP contribution is 2.62. The number of hydrogen-bond donors (Lipinski definition) is 2. The number of hydrogen-bond acceptors (Lipinski definition) is 4. The number of urea groups is 1. The highest BCUT2D eigenvalue weighted by Gasteiger charge is 2.61. The zero-order valence-electron chi connectivity index (χ0n) is 21.1. The monoisotopic (exact) mass is 505 g/mol. The number of ether oxygens (including phenoxy) is 1. The second-order valence-electron chi connectivity index (χ2n) is 11.3. The number of piperidine rings is 2. The van der Waals surface area contributed by atoms with Gasteiger partial charge in [-0.25, -0.2) is 13.6 Å². The largest absolute Gasteiger partial charge is 0.394 e. The van der Waals surface area contributed by atoms with Crippen molar-refractivity contribution in [2.45, 2.75) is 57.6 Å². The summed E-state index contributed by atoms with van der Waals surface area (Å²) >= 11 is 0. The Morgan fingerprint density at radius 3 is 2.53 bits per heavy atom. The minimum atomic E-state index is -1.000. The van der Waals surface area contributed by atoms with Crippen molar-refractivity contribution in [3.05, 3.63) is 29.8 Å². The Morgan fingerprint density at radius 2 is 1.89 bits per heavy atom. The highest BCUT2D eigenvalue weighted by molar-refractivity contribution is 5.89. The normalized spacial score (nSPS) is 33.2. The van der Waals surface area contributed by atoms with Gasteiger partial charge in [-0.3, -0.25) is 4.79 Å². The molecule has 1 aromatic rings. The number of likely N-dealkylation sites (tertiary alicyclic amines) is 2. The Hall–Kier alpha value is -2.26. The van der Waals surface area contributed by atoms with Crippen LogP contribution >= 0.6 is 0 Å². The lowest BCUT2D eigenvalue weighted by atomic mass is 9.57. The predicted molar refractivity (Wildman–Crippen MR) is 130 cm³/mol. The summed E-state index contributed by atoms with van der Waals surface area (Å²) < 4.78 is 32.5. The van der Waals surface area contributed by atoms with Gasteiger partial charge in [0.1, 0.15) is 0 Å². The Kier molecular flexibility index (Phi) is 6.98. The number of anilines is 1. The van der Waals surface area contributed by atoms with Crippen LogP contribution in [0.1, 0.15) is 45.4 Å². The van der Waals surface area contributed by atoms with E-state index in [1.165, 1.54) is 6.07 Å². The third kappa shape index (κ3) is 4.38. The van der Waals surface area contributed by atoms with Crippen molar-refractivity contribution in [2.75, 3.05) is 38.7 Å². The molecule has 2 saturated heterocycles. The number of halogens is 2. The zero-order chi connectivity index (χ0) is 25.6. The van der Waals surface area contributed by atoms with Gasteiger partial charge in [-0.05, 0) is 79.7 Å². The fraction of sp³-hybridized carbons (Fsp3) is 0.704. The van der Waals surface area contributed by atoms with Gasteiger partial charge in [0.25, 0.3) is 0 Å². The maximum absolute atomic E-state index is 13.6. The Balaban J connectivity index is 1.35. The van der Waals surface area contributed by atoms with E-state index in [0.717, 1.165) is 50.7 Å². The van der Waals surface area contributed by atoms with Gasteiger partial charge in [-0.2, -0.15) is 0 Å². The molecule has 5 rings (SSSR count). The van der Waals surface area contributed by atoms with E-state index in [1.807, 2.05) is 4.90 Å². The van der Waals surface area contributed by atoms with Gasteiger partial charge in [0.2, 0.25) is 5.91 Å². The molecule has 5 unspecified atom stereocenters. The van der Waals surface area contributed by atoms with Gasteiger partial charge >= 0.3 is 6.03 Å². The van der Waals surface area contributed by atoms with Crippen molar-refractivity contribution in [2.24, 2.45) is 29.1 Å². The van der Waals surface area contributed by atoms with Crippen LogP contribution in [0.25, 0.3) is 0 Å². The van der Waals surface area contributed by atoms with Gasteiger partial charge in [0.15, 0.2) is 11.6 Å². The summed E-state index contributed by atoms with van der Waals surface area (Å²) in [5.41, 5.74) is 0.124. The number of methoxy groups -OCH3 is 1. The van der Waals surface area contributed by atoms with Crippen LogP contribution in [-0.4, -0.2) is 72.3 Å². The number of rotatable bonds is 3. The SMILES string of the molecule is COC1CCC2C(C1)CC1C2C2(CCN(C(=O)Nc3ccc(F)c(F)c3)CC2)CN(C(C)=O)[C@H]1CO. The number of carbonyl (C=O) groups is 2. The van der Waals surface area contributed by atoms with E-state index in [9.17, 15) is 23.5 Å². The first-order valence-corrected chi connectivity index (χ1v) is 13.2. The third-order valence-corrected chi connectivity index (χ3v) is 9.72. The molecule has 6 atom stereocenters. The summed E-state index contributed by atoms with van der Waals surface area (Å²) in [6.45, 7) is 3.25. The molecule has 2 heterocycles. The van der Waals surface area contributed by atoms with Gasteiger partial charge < -0.3 is 25.0 Å². The molecule has 0 radical (unpaired) electrons. The molecule has 0 bridgehead atoms. The van der Waals surface area contributed by atoms with E-state index in [-0.39, 0.29) is 47.7 Å². The molecule has 3 amide bonds. The molecule has 9 heteroatoms. The quantitative estimate of drug-likeness (QED) is 0.654. The maximum Gasteiger partial charge on any atom is 0.321 e. The summed E-state index contributed by atoms with van der Waals surface area (Å²) in [6.07, 6.45) is 6.01. The minimum Gasteiger partial charge on any atom is -0.394 e. The van der Waals surface area contributed by atoms with Crippen LogP contribution in [0.5, 0.6) is 0 Å². The van der Waals surface area contributed by atoms with Crippen LogP contribution in [0.15, 0.2) is 18.2 Å². The van der Waals surface area contributed by atoms with Crippen LogP contribution in [-0.2, 0) is 9.53 Å². The molecular formula is C27H37F2N3O4. The average molecular weight is 506 g/mol. The molecule has 36 heavy (non-hydrogen) atoms. The van der Waals surface area contributed by atoms with Crippen molar-refractivity contribution in [3.8, 4) is 0 Å². The molecule has 1 spiro atoms. The first-order chi connectivity index (χ1) is 17.3. The first kappa shape index (κ1) is 25.4. The van der Waals surface area contributed by atoms with E-state index < -0.39 is 11.6 Å². The predicted octanol–water partition coefficient (Wildman–Crippen LogP) is 3.87. The number of aliphatic hydroxyl groups is 1. The van der Waals surface area contributed by atoms with Crippen LogP contribution < -0.4 is 5.32 Å². The van der Waals surface area contributed by atoms with Crippen molar-refractivity contribution >= 4 is 17.6 Å². The van der Waals surface area contributed by atoms with E-state index in [2.05, 4.69) is 5.32 Å². The van der Waals surface area contributed by atoms with Gasteiger partial charge in [0.05, 0.1) is 18.8 Å². The number of amides is 3. The summed E-state index contributed by atoms with van der Waals surface area (Å²) in [5, 5.41) is 13.0. The molecule has 2 aliphatic heterocycles. The third-order valence-electron chi connectivity index (χ3n) is 9.72. The zero-order valence-corrected chi connectivity index (χ0v) is 21.1. The van der Waals surface area contributed by atoms with Gasteiger partial charge in [0, 0.05) is 45.4 Å². The lowest BCUT2D eigenvalue weighted by molar-refractivity contribution is -0.151. The van der Waals surface area contributed by atoms with E-state index >= 15 is 0 Å². The standard InChI is InChI=1S/C27H37F2N3O4/c1-16(34)32-15-27(25-20-5-4-19(36-2)11-17(20)12-21(25)24(32)14-33)7-9-31(10-8-27)26(35)30-18-3-6-22(28)23(29)13-18/h3,6,13,17,19-21,24-25,33H,4-5,7-12,14-15H2,1-2H3,(H,30,35)/t17?,19?,20?,21?,24-,25?/m0/s1. The lowest BCUT2D eigenvalue weighted by Gasteiger charge is -2.58. The average Bonchev–Trinajstić information content (AvgIpc) is 3.26. The van der Waals surface area contributed by atoms with Crippen molar-refractivity contribution in [1.82, 2.24) is 9.80 Å². The van der Waals surface area contributed by atoms with Gasteiger partial charge in [-0.1, -0.05) is 0 Å². The number of nitrogens with zero attached hydrogens (tertiary/aromatic N) is 2. The lowest BCUT2D eigenvalue weighted by Crippen LogP contribution is -2.63. The Labute approximate surface area is 211 Å². The Morgan fingerprint density at radius 1 is 1.14 bits per heavy atom. The summed E-state index contributed by atoms with van der Waals surface area (Å²) in [7, 11) is 1.78. The van der Waals surface area contributed by atoms with Crippen molar-refractivity contribution in [3.63, 3.8) is 0 Å². The maximum atomic E-state index is 13.6. The van der Waals surface area contributed by atoms with Gasteiger partial charge in [-0.15, -0.1) is 0 Å². The van der Waals surface area contributed by atoms with Crippen LogP contribution in [0.2, 0.25) is 0 Å². The second kappa shape index (κ2) is 9.89. The second-order valence-corrected chi connectivity index (χ2v) is 11.3. The number of benzene rings is 1. The van der Waals surface area contributed by atoms with Crippen LogP contribution in [0.3, 0.4) is 0 Å². The summed E-state index contributed by atoms with van der Waals surface area (Å²) in [6, 6.07) is 2.85. The molecule has 0 aromatic heterocycles. The molecule has 7 nitrogen and oxygen atoms in total. The topological polar surface area (TPSA) is 82.1 Å². The summed E-state index contributed by atoms with van der Waals surface area (Å²) in [5.74, 6) is -0.218. The summed E-state index contributed by atoms with van der Waals surface area (Å²) in [4.78, 5) is 29.2. The Bertz CT molecular complexity index is 999. The highest BCUT2D eigenvalue weighted by atomic mass is 19.2. The first-order valence-electron chi connectivity index (χ1n) is 13.2. The minimum absolute atomic E-state index is 0.00461. The number of carbonyl (C=O) groups excluding carboxylic acids is 2. The molecule has 4 aliphatic rings. The molecule has 198 valence electrons. The molecule has 2 aliphatic carbocycles. The number of nitrogens with one attached hydrogen (secondary N) is 1. The van der Waals surface area contributed by atoms with Crippen LogP contribution in [0.4, 0.5) is 19.3 Å². The van der Waals surface area contributed by atoms with Crippen molar-refractivity contribution < 1.29 is 28.2 Å². The fourth-order valence-corrected chi connectivity index (χ4v) is 8.12. The molecule has 1 aromatic carbocycles. The van der Waals surface area contributed by atoms with Crippen molar-refractivity contribution in [1.29, 1.82) is 0 Å². The number of fused-ring (bicyclic) bond motifs is 4.